The van der Waals surface area contributed by atoms with Crippen molar-refractivity contribution < 1.29 is 4.79 Å². The Morgan fingerprint density at radius 3 is 3.06 bits per heavy atom. The standard InChI is InChI=1S/C11H16BrN3OS/c1-3-9-10(17-14-13-9)11(16)15-5-4-7(2)8(12)6-15/h7-8H,3-6H2,1-2H3. The third-order valence-electron chi connectivity index (χ3n) is 3.24. The molecule has 1 aliphatic rings. The van der Waals surface area contributed by atoms with E-state index >= 15 is 0 Å². The first kappa shape index (κ1) is 13.0. The molecule has 0 radical (unpaired) electrons. The smallest absolute Gasteiger partial charge is 0.267 e. The Kier molecular flexibility index (Phi) is 4.14. The van der Waals surface area contributed by atoms with Gasteiger partial charge in [-0.05, 0) is 30.3 Å². The Hall–Kier alpha value is -0.490. The molecule has 1 aromatic rings. The van der Waals surface area contributed by atoms with Crippen LogP contribution in [0.15, 0.2) is 0 Å². The predicted molar refractivity (Wildman–Crippen MR) is 71.7 cm³/mol. The van der Waals surface area contributed by atoms with E-state index in [1.165, 1.54) is 11.5 Å². The Morgan fingerprint density at radius 1 is 1.65 bits per heavy atom. The van der Waals surface area contributed by atoms with Crippen molar-refractivity contribution in [2.24, 2.45) is 5.92 Å². The second-order valence-corrected chi connectivity index (χ2v) is 6.37. The van der Waals surface area contributed by atoms with Crippen LogP contribution in [0.1, 0.15) is 35.6 Å². The fraction of sp³-hybridized carbons (Fsp3) is 0.727. The van der Waals surface area contributed by atoms with Crippen LogP contribution in [-0.2, 0) is 6.42 Å². The van der Waals surface area contributed by atoms with Crippen LogP contribution < -0.4 is 0 Å². The fourth-order valence-corrected chi connectivity index (χ4v) is 3.29. The molecule has 1 amide bonds. The van der Waals surface area contributed by atoms with Crippen molar-refractivity contribution in [2.45, 2.75) is 31.5 Å². The summed E-state index contributed by atoms with van der Waals surface area (Å²) in [5, 5.41) is 3.99. The van der Waals surface area contributed by atoms with Crippen LogP contribution in [-0.4, -0.2) is 38.3 Å². The lowest BCUT2D eigenvalue weighted by Gasteiger charge is -2.33. The molecule has 17 heavy (non-hydrogen) atoms. The average Bonchev–Trinajstić information content (AvgIpc) is 2.80. The van der Waals surface area contributed by atoms with Crippen LogP contribution in [0.3, 0.4) is 0 Å². The minimum atomic E-state index is 0.0909. The number of hydrogen-bond acceptors (Lipinski definition) is 4. The number of aryl methyl sites for hydroxylation is 1. The van der Waals surface area contributed by atoms with Crippen molar-refractivity contribution in [3.63, 3.8) is 0 Å². The van der Waals surface area contributed by atoms with Gasteiger partial charge in [-0.2, -0.15) is 0 Å². The van der Waals surface area contributed by atoms with Gasteiger partial charge in [0.05, 0.1) is 5.69 Å². The summed E-state index contributed by atoms with van der Waals surface area (Å²) >= 11 is 4.85. The van der Waals surface area contributed by atoms with Crippen molar-refractivity contribution >= 4 is 33.4 Å². The highest BCUT2D eigenvalue weighted by Gasteiger charge is 2.29. The first-order valence-corrected chi connectivity index (χ1v) is 7.57. The summed E-state index contributed by atoms with van der Waals surface area (Å²) in [5.74, 6) is 0.720. The third kappa shape index (κ3) is 2.68. The summed E-state index contributed by atoms with van der Waals surface area (Å²) in [6, 6.07) is 0. The summed E-state index contributed by atoms with van der Waals surface area (Å²) in [5.41, 5.74) is 0.824. The maximum Gasteiger partial charge on any atom is 0.267 e. The van der Waals surface area contributed by atoms with Crippen molar-refractivity contribution in [1.29, 1.82) is 0 Å². The van der Waals surface area contributed by atoms with Crippen LogP contribution in [0.2, 0.25) is 0 Å². The predicted octanol–water partition coefficient (Wildman–Crippen LogP) is 2.35. The van der Waals surface area contributed by atoms with E-state index in [1.807, 2.05) is 11.8 Å². The van der Waals surface area contributed by atoms with E-state index in [2.05, 4.69) is 32.4 Å². The fourth-order valence-electron chi connectivity index (χ4n) is 1.95. The molecule has 0 bridgehead atoms. The van der Waals surface area contributed by atoms with Gasteiger partial charge in [-0.15, -0.1) is 5.10 Å². The molecule has 0 N–H and O–H groups in total. The molecule has 2 rings (SSSR count). The molecular formula is C11H16BrN3OS. The SMILES string of the molecule is CCc1nnsc1C(=O)N1CCC(C)C(Br)C1. The minimum Gasteiger partial charge on any atom is -0.337 e. The molecule has 0 aliphatic carbocycles. The lowest BCUT2D eigenvalue weighted by Crippen LogP contribution is -2.43. The molecule has 0 spiro atoms. The second kappa shape index (κ2) is 5.44. The number of hydrogen-bond donors (Lipinski definition) is 0. The Labute approximate surface area is 114 Å². The Bertz CT molecular complexity index is 409. The maximum atomic E-state index is 12.3. The largest absolute Gasteiger partial charge is 0.337 e. The third-order valence-corrected chi connectivity index (χ3v) is 5.19. The molecule has 2 unspecified atom stereocenters. The van der Waals surface area contributed by atoms with Gasteiger partial charge >= 0.3 is 0 Å². The molecule has 6 heteroatoms. The number of halogens is 1. The Morgan fingerprint density at radius 2 is 2.41 bits per heavy atom. The summed E-state index contributed by atoms with van der Waals surface area (Å²) in [4.78, 5) is 15.3. The number of rotatable bonds is 2. The number of piperidine rings is 1. The molecule has 94 valence electrons. The summed E-state index contributed by atoms with van der Waals surface area (Å²) in [6.07, 6.45) is 1.81. The van der Waals surface area contributed by atoms with Gasteiger partial charge in [0.15, 0.2) is 0 Å². The van der Waals surface area contributed by atoms with E-state index in [0.29, 0.717) is 15.6 Å². The van der Waals surface area contributed by atoms with Gasteiger partial charge in [0, 0.05) is 17.9 Å². The highest BCUT2D eigenvalue weighted by atomic mass is 79.9. The molecule has 2 atom stereocenters. The van der Waals surface area contributed by atoms with Crippen molar-refractivity contribution in [1.82, 2.24) is 14.5 Å². The number of amides is 1. The lowest BCUT2D eigenvalue weighted by atomic mass is 9.99. The summed E-state index contributed by atoms with van der Waals surface area (Å²) < 4.78 is 3.88. The van der Waals surface area contributed by atoms with Gasteiger partial charge in [-0.25, -0.2) is 0 Å². The summed E-state index contributed by atoms with van der Waals surface area (Å²) in [7, 11) is 0. The lowest BCUT2D eigenvalue weighted by molar-refractivity contribution is 0.0709. The number of likely N-dealkylation sites (tertiary alicyclic amines) is 1. The highest BCUT2D eigenvalue weighted by molar-refractivity contribution is 9.09. The first-order chi connectivity index (χ1) is 8.13. The zero-order chi connectivity index (χ0) is 12.4. The van der Waals surface area contributed by atoms with E-state index < -0.39 is 0 Å². The van der Waals surface area contributed by atoms with Crippen molar-refractivity contribution in [3.05, 3.63) is 10.6 Å². The van der Waals surface area contributed by atoms with Crippen LogP contribution in [0.4, 0.5) is 0 Å². The molecule has 2 heterocycles. The van der Waals surface area contributed by atoms with Crippen LogP contribution in [0, 0.1) is 5.92 Å². The van der Waals surface area contributed by atoms with E-state index in [4.69, 9.17) is 0 Å². The summed E-state index contributed by atoms with van der Waals surface area (Å²) in [6.45, 7) is 5.83. The Balaban J connectivity index is 2.10. The van der Waals surface area contributed by atoms with Gasteiger partial charge in [0.25, 0.3) is 5.91 Å². The molecule has 0 aromatic carbocycles. The molecule has 0 saturated carbocycles. The highest BCUT2D eigenvalue weighted by Crippen LogP contribution is 2.25. The minimum absolute atomic E-state index is 0.0909. The molecule has 1 saturated heterocycles. The van der Waals surface area contributed by atoms with Gasteiger partial charge in [0.2, 0.25) is 0 Å². The van der Waals surface area contributed by atoms with Gasteiger partial charge in [-0.1, -0.05) is 34.3 Å². The van der Waals surface area contributed by atoms with Crippen molar-refractivity contribution in [2.75, 3.05) is 13.1 Å². The molecule has 1 aromatic heterocycles. The van der Waals surface area contributed by atoms with Crippen molar-refractivity contribution in [3.8, 4) is 0 Å². The topological polar surface area (TPSA) is 46.1 Å². The second-order valence-electron chi connectivity index (χ2n) is 4.44. The maximum absolute atomic E-state index is 12.3. The zero-order valence-electron chi connectivity index (χ0n) is 10.0. The van der Waals surface area contributed by atoms with E-state index in [1.54, 1.807) is 0 Å². The normalized spacial score (nSPS) is 25.0. The quantitative estimate of drug-likeness (QED) is 0.786. The van der Waals surface area contributed by atoms with Gasteiger partial charge < -0.3 is 4.90 Å². The number of aromatic nitrogens is 2. The van der Waals surface area contributed by atoms with E-state index in [0.717, 1.165) is 31.6 Å². The molecule has 1 fully saturated rings. The van der Waals surface area contributed by atoms with E-state index in [-0.39, 0.29) is 5.91 Å². The average molecular weight is 318 g/mol. The van der Waals surface area contributed by atoms with Gasteiger partial charge in [0.1, 0.15) is 4.88 Å². The van der Waals surface area contributed by atoms with Crippen LogP contribution >= 0.6 is 27.5 Å². The van der Waals surface area contributed by atoms with E-state index in [9.17, 15) is 4.79 Å². The number of alkyl halides is 1. The first-order valence-electron chi connectivity index (χ1n) is 5.88. The molecule has 1 aliphatic heterocycles. The monoisotopic (exact) mass is 317 g/mol. The number of nitrogens with zero attached hydrogens (tertiary/aromatic N) is 3. The number of carbonyl (C=O) groups is 1. The number of carbonyl (C=O) groups excluding carboxylic acids is 1. The molecule has 4 nitrogen and oxygen atoms in total. The van der Waals surface area contributed by atoms with Crippen LogP contribution in [0.5, 0.6) is 0 Å². The van der Waals surface area contributed by atoms with Gasteiger partial charge in [-0.3, -0.25) is 4.79 Å². The van der Waals surface area contributed by atoms with Crippen LogP contribution in [0.25, 0.3) is 0 Å². The molecular weight excluding hydrogens is 302 g/mol. The zero-order valence-corrected chi connectivity index (χ0v) is 12.4.